The normalized spacial score (nSPS) is 10.7. The highest BCUT2D eigenvalue weighted by molar-refractivity contribution is 7.80. The van der Waals surface area contributed by atoms with Crippen LogP contribution in [0.4, 0.5) is 9.52 Å². The quantitative estimate of drug-likeness (QED) is 0.597. The molecule has 0 unspecified atom stereocenters. The van der Waals surface area contributed by atoms with E-state index in [9.17, 15) is 4.39 Å². The van der Waals surface area contributed by atoms with Crippen molar-refractivity contribution < 1.29 is 4.39 Å². The maximum Gasteiger partial charge on any atom is 0.202 e. The van der Waals surface area contributed by atoms with E-state index in [-0.39, 0.29) is 11.9 Å². The Kier molecular flexibility index (Phi) is 3.93. The summed E-state index contributed by atoms with van der Waals surface area (Å²) in [6, 6.07) is 4.79. The first-order chi connectivity index (χ1) is 8.54. The maximum absolute atomic E-state index is 13.0. The lowest BCUT2D eigenvalue weighted by molar-refractivity contribution is 0.629. The summed E-state index contributed by atoms with van der Waals surface area (Å²) in [6.07, 6.45) is 0. The number of hydrogen-bond donors (Lipinski definition) is 3. The molecule has 0 saturated heterocycles. The fourth-order valence-electron chi connectivity index (χ4n) is 1.36. The van der Waals surface area contributed by atoms with Crippen LogP contribution in [0.3, 0.4) is 0 Å². The van der Waals surface area contributed by atoms with Crippen LogP contribution < -0.4 is 16.2 Å². The van der Waals surface area contributed by atoms with Crippen molar-refractivity contribution in [2.24, 2.45) is 0 Å². The number of aromatic nitrogens is 1. The molecule has 0 aliphatic rings. The van der Waals surface area contributed by atoms with E-state index in [1.807, 2.05) is 13.8 Å². The third-order valence-corrected chi connectivity index (χ3v) is 3.22. The predicted octanol–water partition coefficient (Wildman–Crippen LogP) is 2.63. The molecular formula is C11H13FN4S2. The van der Waals surface area contributed by atoms with Crippen LogP contribution in [0.1, 0.15) is 13.8 Å². The van der Waals surface area contributed by atoms with E-state index >= 15 is 0 Å². The standard InChI is InChI=1S/C11H13FN4S2/c1-6(2)13-10(17)15-16-11-14-8-5-7(12)3-4-9(8)18-11/h3-6H,1-2H3,(H,14,16)(H2,13,15,17). The van der Waals surface area contributed by atoms with Crippen LogP contribution in [0.25, 0.3) is 10.2 Å². The summed E-state index contributed by atoms with van der Waals surface area (Å²) in [5, 5.41) is 4.17. The second kappa shape index (κ2) is 5.45. The molecule has 2 aromatic rings. The Morgan fingerprint density at radius 1 is 1.44 bits per heavy atom. The molecule has 18 heavy (non-hydrogen) atoms. The minimum absolute atomic E-state index is 0.260. The smallest absolute Gasteiger partial charge is 0.202 e. The molecule has 3 N–H and O–H groups in total. The van der Waals surface area contributed by atoms with Crippen molar-refractivity contribution in [1.82, 2.24) is 15.7 Å². The van der Waals surface area contributed by atoms with Crippen LogP contribution in [-0.4, -0.2) is 16.1 Å². The summed E-state index contributed by atoms with van der Waals surface area (Å²) in [7, 11) is 0. The number of anilines is 1. The van der Waals surface area contributed by atoms with Crippen molar-refractivity contribution in [3.63, 3.8) is 0 Å². The van der Waals surface area contributed by atoms with E-state index in [0.29, 0.717) is 15.8 Å². The molecule has 0 spiro atoms. The Hall–Kier alpha value is -1.47. The molecule has 7 heteroatoms. The van der Waals surface area contributed by atoms with Gasteiger partial charge in [0.1, 0.15) is 5.82 Å². The Morgan fingerprint density at radius 2 is 2.22 bits per heavy atom. The third-order valence-electron chi connectivity index (χ3n) is 2.05. The van der Waals surface area contributed by atoms with Gasteiger partial charge in [-0.1, -0.05) is 11.3 Å². The van der Waals surface area contributed by atoms with Crippen molar-refractivity contribution >= 4 is 44.0 Å². The molecule has 0 radical (unpaired) electrons. The summed E-state index contributed by atoms with van der Waals surface area (Å²) < 4.78 is 13.9. The van der Waals surface area contributed by atoms with Crippen molar-refractivity contribution in [3.8, 4) is 0 Å². The van der Waals surface area contributed by atoms with E-state index in [1.165, 1.54) is 23.5 Å². The van der Waals surface area contributed by atoms with Crippen LogP contribution >= 0.6 is 23.6 Å². The number of nitrogens with one attached hydrogen (secondary N) is 3. The van der Waals surface area contributed by atoms with Crippen LogP contribution in [0, 0.1) is 5.82 Å². The van der Waals surface area contributed by atoms with Gasteiger partial charge in [0, 0.05) is 12.1 Å². The number of fused-ring (bicyclic) bond motifs is 1. The Labute approximate surface area is 114 Å². The molecule has 0 bridgehead atoms. The summed E-state index contributed by atoms with van der Waals surface area (Å²) in [6.45, 7) is 3.99. The van der Waals surface area contributed by atoms with Crippen LogP contribution in [0.15, 0.2) is 18.2 Å². The highest BCUT2D eigenvalue weighted by atomic mass is 32.1. The molecule has 1 aromatic carbocycles. The van der Waals surface area contributed by atoms with Gasteiger partial charge in [-0.15, -0.1) is 0 Å². The summed E-state index contributed by atoms with van der Waals surface area (Å²) >= 11 is 6.49. The summed E-state index contributed by atoms with van der Waals surface area (Å²) in [4.78, 5) is 4.24. The average molecular weight is 284 g/mol. The Balaban J connectivity index is 2.02. The van der Waals surface area contributed by atoms with Crippen LogP contribution in [-0.2, 0) is 0 Å². The zero-order chi connectivity index (χ0) is 13.1. The Morgan fingerprint density at radius 3 is 2.94 bits per heavy atom. The average Bonchev–Trinajstić information content (AvgIpc) is 2.67. The lowest BCUT2D eigenvalue weighted by atomic mass is 10.3. The van der Waals surface area contributed by atoms with Gasteiger partial charge in [0.05, 0.1) is 10.2 Å². The number of hydrazine groups is 1. The largest absolute Gasteiger partial charge is 0.359 e. The minimum atomic E-state index is -0.288. The van der Waals surface area contributed by atoms with Crippen molar-refractivity contribution in [2.45, 2.75) is 19.9 Å². The number of thiocarbonyl (C=S) groups is 1. The van der Waals surface area contributed by atoms with Crippen molar-refractivity contribution in [2.75, 3.05) is 5.43 Å². The zero-order valence-corrected chi connectivity index (χ0v) is 11.6. The van der Waals surface area contributed by atoms with Crippen molar-refractivity contribution in [1.29, 1.82) is 0 Å². The molecule has 0 amide bonds. The monoisotopic (exact) mass is 284 g/mol. The molecule has 2 rings (SSSR count). The van der Waals surface area contributed by atoms with Gasteiger partial charge in [-0.2, -0.15) is 0 Å². The highest BCUT2D eigenvalue weighted by Crippen LogP contribution is 2.25. The van der Waals surface area contributed by atoms with E-state index in [2.05, 4.69) is 21.2 Å². The molecule has 0 aliphatic carbocycles. The number of hydrogen-bond acceptors (Lipinski definition) is 4. The van der Waals surface area contributed by atoms with Gasteiger partial charge in [-0.25, -0.2) is 9.37 Å². The number of nitrogens with zero attached hydrogens (tertiary/aromatic N) is 1. The van der Waals surface area contributed by atoms with Gasteiger partial charge in [0.25, 0.3) is 0 Å². The Bertz CT molecular complexity index is 567. The first-order valence-electron chi connectivity index (χ1n) is 5.43. The lowest BCUT2D eigenvalue weighted by Gasteiger charge is -2.12. The first kappa shape index (κ1) is 13.0. The van der Waals surface area contributed by atoms with Gasteiger partial charge in [-0.3, -0.25) is 10.9 Å². The van der Waals surface area contributed by atoms with Crippen LogP contribution in [0.5, 0.6) is 0 Å². The molecular weight excluding hydrogens is 271 g/mol. The van der Waals surface area contributed by atoms with Gasteiger partial charge in [-0.05, 0) is 38.2 Å². The molecule has 96 valence electrons. The van der Waals surface area contributed by atoms with E-state index < -0.39 is 0 Å². The first-order valence-corrected chi connectivity index (χ1v) is 6.65. The highest BCUT2D eigenvalue weighted by Gasteiger charge is 2.05. The van der Waals surface area contributed by atoms with E-state index in [1.54, 1.807) is 6.07 Å². The minimum Gasteiger partial charge on any atom is -0.359 e. The third kappa shape index (κ3) is 3.27. The van der Waals surface area contributed by atoms with E-state index in [0.717, 1.165) is 4.70 Å². The second-order valence-corrected chi connectivity index (χ2v) is 5.45. The fraction of sp³-hybridized carbons (Fsp3) is 0.273. The SMILES string of the molecule is CC(C)NC(=S)NNc1nc2cc(F)ccc2s1. The maximum atomic E-state index is 13.0. The molecule has 0 atom stereocenters. The zero-order valence-electron chi connectivity index (χ0n) is 9.95. The fourth-order valence-corrected chi connectivity index (χ4v) is 2.45. The summed E-state index contributed by atoms with van der Waals surface area (Å²) in [5.41, 5.74) is 6.35. The molecule has 0 saturated carbocycles. The molecule has 4 nitrogen and oxygen atoms in total. The second-order valence-electron chi connectivity index (χ2n) is 4.01. The molecule has 1 heterocycles. The topological polar surface area (TPSA) is 49.0 Å². The molecule has 0 fully saturated rings. The molecule has 0 aliphatic heterocycles. The molecule has 1 aromatic heterocycles. The summed E-state index contributed by atoms with van der Waals surface area (Å²) in [5.74, 6) is -0.288. The van der Waals surface area contributed by atoms with Gasteiger partial charge >= 0.3 is 0 Å². The number of benzene rings is 1. The van der Waals surface area contributed by atoms with Gasteiger partial charge in [0.15, 0.2) is 5.11 Å². The number of halogens is 1. The van der Waals surface area contributed by atoms with Gasteiger partial charge < -0.3 is 5.32 Å². The number of thiazole rings is 1. The van der Waals surface area contributed by atoms with Gasteiger partial charge in [0.2, 0.25) is 5.13 Å². The predicted molar refractivity (Wildman–Crippen MR) is 77.2 cm³/mol. The lowest BCUT2D eigenvalue weighted by Crippen LogP contribution is -2.41. The van der Waals surface area contributed by atoms with E-state index in [4.69, 9.17) is 12.2 Å². The van der Waals surface area contributed by atoms with Crippen LogP contribution in [0.2, 0.25) is 0 Å². The van der Waals surface area contributed by atoms with Crippen molar-refractivity contribution in [3.05, 3.63) is 24.0 Å². The number of rotatable bonds is 3.